The van der Waals surface area contributed by atoms with Crippen LogP contribution < -0.4 is 4.74 Å². The predicted molar refractivity (Wildman–Crippen MR) is 125 cm³/mol. The van der Waals surface area contributed by atoms with Crippen LogP contribution in [0.25, 0.3) is 16.9 Å². The molecule has 3 aromatic rings. The van der Waals surface area contributed by atoms with E-state index in [1.165, 1.54) is 0 Å². The van der Waals surface area contributed by atoms with Crippen LogP contribution in [-0.4, -0.2) is 31.9 Å². The molecule has 0 saturated carbocycles. The molecule has 2 aromatic carbocycles. The molecule has 0 spiro atoms. The van der Waals surface area contributed by atoms with E-state index in [-0.39, 0.29) is 5.97 Å². The summed E-state index contributed by atoms with van der Waals surface area (Å²) in [6.07, 6.45) is 3.62. The first-order chi connectivity index (χ1) is 15.6. The monoisotopic (exact) mass is 434 g/mol. The largest absolute Gasteiger partial charge is 0.490 e. The average molecular weight is 435 g/mol. The number of carbonyl (C=O) groups excluding carboxylic acids is 1. The Kier molecular flexibility index (Phi) is 8.70. The Morgan fingerprint density at radius 1 is 1.00 bits per heavy atom. The van der Waals surface area contributed by atoms with E-state index >= 15 is 0 Å². The van der Waals surface area contributed by atoms with Crippen LogP contribution in [0, 0.1) is 0 Å². The highest BCUT2D eigenvalue weighted by Crippen LogP contribution is 2.23. The molecule has 5 nitrogen and oxygen atoms in total. The summed E-state index contributed by atoms with van der Waals surface area (Å²) in [5.41, 5.74) is 4.33. The van der Waals surface area contributed by atoms with Gasteiger partial charge in [-0.05, 0) is 67.8 Å². The van der Waals surface area contributed by atoms with Gasteiger partial charge in [0.25, 0.3) is 0 Å². The lowest BCUT2D eigenvalue weighted by Crippen LogP contribution is -2.28. The summed E-state index contributed by atoms with van der Waals surface area (Å²) in [5.74, 6) is 1.31. The van der Waals surface area contributed by atoms with Crippen LogP contribution in [0.5, 0.6) is 5.75 Å². The lowest BCUT2D eigenvalue weighted by Gasteiger charge is -2.15. The molecular weight excluding hydrogens is 404 g/mol. The molecule has 1 heterocycles. The van der Waals surface area contributed by atoms with Gasteiger partial charge in [0.05, 0.1) is 12.9 Å². The first-order valence-electron chi connectivity index (χ1n) is 10.9. The molecule has 3 rings (SSSR count). The Morgan fingerprint density at radius 2 is 1.75 bits per heavy atom. The minimum absolute atomic E-state index is 0.326. The van der Waals surface area contributed by atoms with Gasteiger partial charge in [-0.15, -0.1) is 0 Å². The molecule has 0 saturated heterocycles. The average Bonchev–Trinajstić information content (AvgIpc) is 3.35. The van der Waals surface area contributed by atoms with Crippen LogP contribution in [-0.2, 0) is 20.7 Å². The van der Waals surface area contributed by atoms with Crippen molar-refractivity contribution in [3.8, 4) is 17.1 Å². The first-order valence-corrected chi connectivity index (χ1v) is 10.9. The van der Waals surface area contributed by atoms with Crippen LogP contribution >= 0.6 is 0 Å². The highest BCUT2D eigenvalue weighted by molar-refractivity contribution is 5.75. The lowest BCUT2D eigenvalue weighted by atomic mass is 10.0. The summed E-state index contributed by atoms with van der Waals surface area (Å²) in [7, 11) is 0. The smallest absolute Gasteiger partial charge is 0.335 e. The second-order valence-electron chi connectivity index (χ2n) is 7.30. The van der Waals surface area contributed by atoms with Crippen molar-refractivity contribution in [3.05, 3.63) is 84.1 Å². The van der Waals surface area contributed by atoms with E-state index < -0.39 is 6.10 Å². The van der Waals surface area contributed by atoms with E-state index in [1.54, 1.807) is 13.2 Å². The molecule has 5 heteroatoms. The van der Waals surface area contributed by atoms with Crippen LogP contribution in [0.3, 0.4) is 0 Å². The van der Waals surface area contributed by atoms with E-state index in [0.29, 0.717) is 26.2 Å². The summed E-state index contributed by atoms with van der Waals surface area (Å²) in [6.45, 7) is 7.00. The van der Waals surface area contributed by atoms with E-state index in [2.05, 4.69) is 37.3 Å². The predicted octanol–water partition coefficient (Wildman–Crippen LogP) is 5.94. The maximum Gasteiger partial charge on any atom is 0.335 e. The fourth-order valence-electron chi connectivity index (χ4n) is 3.30. The fraction of sp³-hybridized carbons (Fsp3) is 0.296. The lowest BCUT2D eigenvalue weighted by molar-refractivity contribution is -0.156. The van der Waals surface area contributed by atoms with E-state index in [0.717, 1.165) is 33.8 Å². The van der Waals surface area contributed by atoms with Gasteiger partial charge in [0, 0.05) is 18.6 Å². The number of hydrogen-bond donors (Lipinski definition) is 0. The molecule has 1 aromatic heterocycles. The number of ether oxygens (including phenoxy) is 3. The Bertz CT molecular complexity index is 986. The third kappa shape index (κ3) is 6.59. The molecule has 0 fully saturated rings. The van der Waals surface area contributed by atoms with Crippen molar-refractivity contribution in [3.63, 3.8) is 0 Å². The SMILES string of the molecule is CCOC(=O)[C@H](Cc1ccc(OC/C=C(\C)c2ccc(-c3ccco3)cc2)cc1)OCC. The van der Waals surface area contributed by atoms with Crippen molar-refractivity contribution in [2.24, 2.45) is 0 Å². The number of hydrogen-bond acceptors (Lipinski definition) is 5. The number of rotatable bonds is 11. The molecule has 0 aliphatic heterocycles. The molecule has 0 amide bonds. The molecule has 0 unspecified atom stereocenters. The molecule has 0 bridgehead atoms. The highest BCUT2D eigenvalue weighted by Gasteiger charge is 2.20. The molecule has 0 radical (unpaired) electrons. The summed E-state index contributed by atoms with van der Waals surface area (Å²) in [4.78, 5) is 12.0. The van der Waals surface area contributed by atoms with Gasteiger partial charge < -0.3 is 18.6 Å². The number of furan rings is 1. The van der Waals surface area contributed by atoms with Crippen LogP contribution in [0.1, 0.15) is 31.9 Å². The Morgan fingerprint density at radius 3 is 2.38 bits per heavy atom. The second-order valence-corrected chi connectivity index (χ2v) is 7.30. The first kappa shape index (κ1) is 23.4. The normalized spacial score (nSPS) is 12.4. The van der Waals surface area contributed by atoms with Crippen LogP contribution in [0.4, 0.5) is 0 Å². The Hall–Kier alpha value is -3.31. The highest BCUT2D eigenvalue weighted by atomic mass is 16.6. The van der Waals surface area contributed by atoms with Gasteiger partial charge in [-0.2, -0.15) is 0 Å². The van der Waals surface area contributed by atoms with Crippen LogP contribution in [0.15, 0.2) is 77.4 Å². The summed E-state index contributed by atoms with van der Waals surface area (Å²) >= 11 is 0. The van der Waals surface area contributed by atoms with Crippen LogP contribution in [0.2, 0.25) is 0 Å². The van der Waals surface area contributed by atoms with Crippen molar-refractivity contribution in [2.45, 2.75) is 33.3 Å². The Labute approximate surface area is 189 Å². The van der Waals surface area contributed by atoms with Gasteiger partial charge in [-0.1, -0.05) is 36.4 Å². The number of carbonyl (C=O) groups is 1. The molecular formula is C27H30O5. The zero-order valence-electron chi connectivity index (χ0n) is 18.9. The zero-order chi connectivity index (χ0) is 22.8. The molecule has 168 valence electrons. The number of esters is 1. The zero-order valence-corrected chi connectivity index (χ0v) is 18.9. The van der Waals surface area contributed by atoms with E-state index in [1.807, 2.05) is 43.3 Å². The summed E-state index contributed by atoms with van der Waals surface area (Å²) in [5, 5.41) is 0. The van der Waals surface area contributed by atoms with Gasteiger partial charge in [-0.25, -0.2) is 4.79 Å². The minimum Gasteiger partial charge on any atom is -0.490 e. The maximum absolute atomic E-state index is 12.0. The van der Waals surface area contributed by atoms with Crippen molar-refractivity contribution in [1.82, 2.24) is 0 Å². The van der Waals surface area contributed by atoms with Gasteiger partial charge in [0.1, 0.15) is 18.1 Å². The topological polar surface area (TPSA) is 57.9 Å². The Balaban J connectivity index is 1.53. The van der Waals surface area contributed by atoms with Crippen molar-refractivity contribution >= 4 is 11.5 Å². The van der Waals surface area contributed by atoms with E-state index in [9.17, 15) is 4.79 Å². The molecule has 0 aliphatic rings. The minimum atomic E-state index is -0.587. The van der Waals surface area contributed by atoms with Gasteiger partial charge in [-0.3, -0.25) is 0 Å². The number of allylic oxidation sites excluding steroid dienone is 1. The third-order valence-corrected chi connectivity index (χ3v) is 5.05. The molecule has 32 heavy (non-hydrogen) atoms. The summed E-state index contributed by atoms with van der Waals surface area (Å²) in [6, 6.07) is 19.8. The second kappa shape index (κ2) is 11.9. The van der Waals surface area contributed by atoms with Crippen molar-refractivity contribution < 1.29 is 23.4 Å². The van der Waals surface area contributed by atoms with Crippen molar-refractivity contribution in [1.29, 1.82) is 0 Å². The molecule has 1 atom stereocenters. The molecule has 0 N–H and O–H groups in total. The van der Waals surface area contributed by atoms with Gasteiger partial charge >= 0.3 is 5.97 Å². The summed E-state index contributed by atoms with van der Waals surface area (Å²) < 4.78 is 21.9. The number of benzene rings is 2. The van der Waals surface area contributed by atoms with Gasteiger partial charge in [0.15, 0.2) is 6.10 Å². The quantitative estimate of drug-likeness (QED) is 0.350. The van der Waals surface area contributed by atoms with Crippen molar-refractivity contribution in [2.75, 3.05) is 19.8 Å². The molecule has 0 aliphatic carbocycles. The van der Waals surface area contributed by atoms with Gasteiger partial charge in [0.2, 0.25) is 0 Å². The third-order valence-electron chi connectivity index (χ3n) is 5.05. The van der Waals surface area contributed by atoms with E-state index in [4.69, 9.17) is 18.6 Å². The fourth-order valence-corrected chi connectivity index (χ4v) is 3.30. The maximum atomic E-state index is 12.0. The standard InChI is InChI=1S/C27H30O5/c1-4-29-26(27(28)30-5-2)19-21-8-14-24(15-9-21)31-18-16-20(3)22-10-12-23(13-11-22)25-7-6-17-32-25/h6-17,26H,4-5,18-19H2,1-3H3/b20-16+/t26-/m0/s1.